The maximum atomic E-state index is 11.4. The molecule has 1 N–H and O–H groups in total. The lowest BCUT2D eigenvalue weighted by molar-refractivity contribution is -0.136. The Kier molecular flexibility index (Phi) is 7.28. The number of methoxy groups -OCH3 is 2. The van der Waals surface area contributed by atoms with Gasteiger partial charge in [-0.3, -0.25) is 20.0 Å². The van der Waals surface area contributed by atoms with E-state index in [1.165, 1.54) is 14.2 Å². The van der Waals surface area contributed by atoms with Gasteiger partial charge in [-0.25, -0.2) is 9.59 Å². The summed E-state index contributed by atoms with van der Waals surface area (Å²) in [6, 6.07) is 0. The number of rotatable bonds is 4. The summed E-state index contributed by atoms with van der Waals surface area (Å²) in [4.78, 5) is 44.1. The minimum atomic E-state index is -0.701. The molecule has 0 aromatic carbocycles. The summed E-state index contributed by atoms with van der Waals surface area (Å²) < 4.78 is 8.57. The second-order valence-corrected chi connectivity index (χ2v) is 3.09. The van der Waals surface area contributed by atoms with Crippen molar-refractivity contribution in [1.29, 1.82) is 0 Å². The Bertz CT molecular complexity index is 427. The highest BCUT2D eigenvalue weighted by atomic mass is 16.5. The molecule has 0 aromatic rings. The molecule has 0 heterocycles. The number of ether oxygens (including phenoxy) is 2. The van der Waals surface area contributed by atoms with Crippen molar-refractivity contribution < 1.29 is 28.7 Å². The Morgan fingerprint density at radius 3 is 1.84 bits per heavy atom. The van der Waals surface area contributed by atoms with Gasteiger partial charge in [0.25, 0.3) is 11.8 Å². The first-order valence-electron chi connectivity index (χ1n) is 5.01. The van der Waals surface area contributed by atoms with Crippen molar-refractivity contribution in [3.05, 3.63) is 24.3 Å². The van der Waals surface area contributed by atoms with Crippen molar-refractivity contribution in [3.63, 3.8) is 0 Å². The fourth-order valence-corrected chi connectivity index (χ4v) is 0.789. The third kappa shape index (κ3) is 7.31. The molecule has 0 bridgehead atoms. The molecule has 19 heavy (non-hydrogen) atoms. The van der Waals surface area contributed by atoms with Crippen LogP contribution in [-0.4, -0.2) is 50.0 Å². The highest BCUT2D eigenvalue weighted by molar-refractivity contribution is 5.98. The van der Waals surface area contributed by atoms with Crippen molar-refractivity contribution in [1.82, 2.24) is 10.4 Å². The zero-order valence-corrected chi connectivity index (χ0v) is 10.7. The van der Waals surface area contributed by atoms with Gasteiger partial charge in [-0.2, -0.15) is 0 Å². The zero-order valence-electron chi connectivity index (χ0n) is 10.7. The normalized spacial score (nSPS) is 10.3. The first-order chi connectivity index (χ1) is 8.90. The molecule has 0 unspecified atom stereocenters. The molecule has 2 amide bonds. The standard InChI is InChI=1S/C11H14N2O6/c1-13(9(15)5-7-11(17)19-3)12-8(14)4-6-10(16)18-2/h4-7H,1-3H3,(H,12,14)/b6-4+,7-5+. The van der Waals surface area contributed by atoms with Gasteiger partial charge in [-0.05, 0) is 0 Å². The predicted molar refractivity (Wildman–Crippen MR) is 63.2 cm³/mol. The number of carbonyl (C=O) groups is 4. The van der Waals surface area contributed by atoms with Gasteiger partial charge < -0.3 is 9.47 Å². The van der Waals surface area contributed by atoms with Gasteiger partial charge in [0, 0.05) is 31.4 Å². The summed E-state index contributed by atoms with van der Waals surface area (Å²) in [5, 5.41) is 0.837. The molecule has 0 fully saturated rings. The van der Waals surface area contributed by atoms with Gasteiger partial charge in [0.05, 0.1) is 14.2 Å². The van der Waals surface area contributed by atoms with Crippen molar-refractivity contribution in [2.45, 2.75) is 0 Å². The minimum absolute atomic E-state index is 0.648. The van der Waals surface area contributed by atoms with E-state index in [0.29, 0.717) is 0 Å². The molecule has 0 atom stereocenters. The molecular weight excluding hydrogens is 256 g/mol. The highest BCUT2D eigenvalue weighted by Gasteiger charge is 2.08. The summed E-state index contributed by atoms with van der Waals surface area (Å²) >= 11 is 0. The van der Waals surface area contributed by atoms with E-state index in [-0.39, 0.29) is 0 Å². The van der Waals surface area contributed by atoms with E-state index in [1.807, 2.05) is 0 Å². The van der Waals surface area contributed by atoms with Crippen molar-refractivity contribution in [2.75, 3.05) is 21.3 Å². The van der Waals surface area contributed by atoms with Crippen molar-refractivity contribution in [3.8, 4) is 0 Å². The first-order valence-corrected chi connectivity index (χ1v) is 5.01. The van der Waals surface area contributed by atoms with Crippen molar-refractivity contribution in [2.24, 2.45) is 0 Å². The third-order valence-corrected chi connectivity index (χ3v) is 1.74. The summed E-state index contributed by atoms with van der Waals surface area (Å²) in [7, 11) is 3.60. The molecule has 0 aromatic heterocycles. The van der Waals surface area contributed by atoms with Gasteiger partial charge in [-0.1, -0.05) is 0 Å². The second-order valence-electron chi connectivity index (χ2n) is 3.09. The summed E-state index contributed by atoms with van der Waals surface area (Å²) in [6.07, 6.45) is 3.64. The molecule has 0 spiro atoms. The molecule has 8 heteroatoms. The number of hydrogen-bond donors (Lipinski definition) is 1. The summed E-state index contributed by atoms with van der Waals surface area (Å²) in [5.74, 6) is -2.74. The number of carbonyl (C=O) groups excluding carboxylic acids is 4. The molecule has 0 radical (unpaired) electrons. The average Bonchev–Trinajstić information content (AvgIpc) is 2.41. The van der Waals surface area contributed by atoms with E-state index < -0.39 is 23.8 Å². The monoisotopic (exact) mass is 270 g/mol. The Balaban J connectivity index is 4.33. The van der Waals surface area contributed by atoms with E-state index in [2.05, 4.69) is 14.9 Å². The number of nitrogens with one attached hydrogen (secondary N) is 1. The Labute approximate surface area is 109 Å². The fraction of sp³-hybridized carbons (Fsp3) is 0.273. The van der Waals surface area contributed by atoms with Gasteiger partial charge in [0.1, 0.15) is 0 Å². The number of amides is 2. The molecule has 0 saturated carbocycles. The van der Waals surface area contributed by atoms with Crippen LogP contribution in [-0.2, 0) is 28.7 Å². The SMILES string of the molecule is COC(=O)/C=C/C(=O)NN(C)C(=O)/C=C/C(=O)OC. The van der Waals surface area contributed by atoms with Crippen LogP contribution in [0.3, 0.4) is 0 Å². The van der Waals surface area contributed by atoms with E-state index in [0.717, 1.165) is 36.4 Å². The van der Waals surface area contributed by atoms with Crippen LogP contribution >= 0.6 is 0 Å². The van der Waals surface area contributed by atoms with Crippen LogP contribution in [0.5, 0.6) is 0 Å². The summed E-state index contributed by atoms with van der Waals surface area (Å²) in [5.41, 5.74) is 2.15. The van der Waals surface area contributed by atoms with Crippen LogP contribution in [0, 0.1) is 0 Å². The minimum Gasteiger partial charge on any atom is -0.466 e. The first kappa shape index (κ1) is 16.4. The van der Waals surface area contributed by atoms with Gasteiger partial charge in [0.2, 0.25) is 0 Å². The van der Waals surface area contributed by atoms with E-state index in [1.54, 1.807) is 0 Å². The average molecular weight is 270 g/mol. The van der Waals surface area contributed by atoms with Gasteiger partial charge in [0.15, 0.2) is 0 Å². The lowest BCUT2D eigenvalue weighted by Gasteiger charge is -2.14. The van der Waals surface area contributed by atoms with Crippen LogP contribution in [0.15, 0.2) is 24.3 Å². The zero-order chi connectivity index (χ0) is 14.8. The lowest BCUT2D eigenvalue weighted by Crippen LogP contribution is -2.41. The second kappa shape index (κ2) is 8.45. The highest BCUT2D eigenvalue weighted by Crippen LogP contribution is 1.86. The maximum Gasteiger partial charge on any atom is 0.330 e. The molecule has 0 aliphatic rings. The van der Waals surface area contributed by atoms with Gasteiger partial charge in [-0.15, -0.1) is 0 Å². The van der Waals surface area contributed by atoms with Crippen LogP contribution in [0.1, 0.15) is 0 Å². The van der Waals surface area contributed by atoms with Gasteiger partial charge >= 0.3 is 11.9 Å². The topological polar surface area (TPSA) is 102 Å². The van der Waals surface area contributed by atoms with E-state index in [9.17, 15) is 19.2 Å². The molecule has 8 nitrogen and oxygen atoms in total. The van der Waals surface area contributed by atoms with Crippen LogP contribution < -0.4 is 5.43 Å². The maximum absolute atomic E-state index is 11.4. The Hall–Kier alpha value is -2.64. The van der Waals surface area contributed by atoms with E-state index >= 15 is 0 Å². The Morgan fingerprint density at radius 2 is 1.37 bits per heavy atom. The third-order valence-electron chi connectivity index (χ3n) is 1.74. The van der Waals surface area contributed by atoms with Crippen LogP contribution in [0.4, 0.5) is 0 Å². The number of hydrazine groups is 1. The number of hydrogen-bond acceptors (Lipinski definition) is 6. The molecule has 104 valence electrons. The van der Waals surface area contributed by atoms with E-state index in [4.69, 9.17) is 0 Å². The fourth-order valence-electron chi connectivity index (χ4n) is 0.789. The number of esters is 2. The number of likely N-dealkylation sites (N-methyl/N-ethyl adjacent to an activating group) is 1. The summed E-state index contributed by atoms with van der Waals surface area (Å²) in [6.45, 7) is 0. The molecule has 0 aliphatic heterocycles. The number of nitrogens with zero attached hydrogens (tertiary/aromatic N) is 1. The van der Waals surface area contributed by atoms with Crippen LogP contribution in [0.25, 0.3) is 0 Å². The smallest absolute Gasteiger partial charge is 0.330 e. The molecule has 0 aliphatic carbocycles. The van der Waals surface area contributed by atoms with Crippen LogP contribution in [0.2, 0.25) is 0 Å². The van der Waals surface area contributed by atoms with Crippen molar-refractivity contribution >= 4 is 23.8 Å². The largest absolute Gasteiger partial charge is 0.466 e. The Morgan fingerprint density at radius 1 is 0.895 bits per heavy atom. The lowest BCUT2D eigenvalue weighted by atomic mass is 10.4. The molecule has 0 rings (SSSR count). The molecular formula is C11H14N2O6. The predicted octanol–water partition coefficient (Wildman–Crippen LogP) is -1.07. The quantitative estimate of drug-likeness (QED) is 0.396. The molecule has 0 saturated heterocycles.